The average Bonchev–Trinajstić information content (AvgIpc) is 2.83. The summed E-state index contributed by atoms with van der Waals surface area (Å²) in [7, 11) is 0. The van der Waals surface area contributed by atoms with E-state index in [0.29, 0.717) is 6.54 Å². The van der Waals surface area contributed by atoms with E-state index >= 15 is 0 Å². The Labute approximate surface area is 121 Å². The van der Waals surface area contributed by atoms with Gasteiger partial charge in [0, 0.05) is 32.5 Å². The molecular formula is C13H10BrN3OS. The molecule has 4 nitrogen and oxygen atoms in total. The Bertz CT molecular complexity index is 781. The fourth-order valence-electron chi connectivity index (χ4n) is 1.89. The van der Waals surface area contributed by atoms with Crippen LogP contribution in [0.3, 0.4) is 0 Å². The molecule has 19 heavy (non-hydrogen) atoms. The van der Waals surface area contributed by atoms with Crippen LogP contribution in [-0.4, -0.2) is 9.97 Å². The number of pyridine rings is 1. The van der Waals surface area contributed by atoms with E-state index in [9.17, 15) is 4.79 Å². The molecule has 0 aliphatic heterocycles. The summed E-state index contributed by atoms with van der Waals surface area (Å²) in [6, 6.07) is 7.97. The van der Waals surface area contributed by atoms with Gasteiger partial charge in [-0.2, -0.15) is 0 Å². The van der Waals surface area contributed by atoms with E-state index in [1.54, 1.807) is 6.20 Å². The predicted octanol–water partition coefficient (Wildman–Crippen LogP) is 3.36. The zero-order valence-electron chi connectivity index (χ0n) is 9.81. The molecule has 0 saturated heterocycles. The third kappa shape index (κ3) is 2.54. The lowest BCUT2D eigenvalue weighted by Gasteiger charge is -2.08. The van der Waals surface area contributed by atoms with E-state index in [2.05, 4.69) is 31.2 Å². The summed E-state index contributed by atoms with van der Waals surface area (Å²) in [5.41, 5.74) is 0.865. The van der Waals surface area contributed by atoms with Crippen LogP contribution in [-0.2, 0) is 6.54 Å². The van der Waals surface area contributed by atoms with Crippen molar-refractivity contribution in [2.24, 2.45) is 0 Å². The highest BCUT2D eigenvalue weighted by atomic mass is 79.9. The van der Waals surface area contributed by atoms with Gasteiger partial charge in [0.2, 0.25) is 0 Å². The lowest BCUT2D eigenvalue weighted by atomic mass is 10.1. The number of hydrogen-bond donors (Lipinski definition) is 2. The molecule has 2 heterocycles. The number of aromatic nitrogens is 2. The van der Waals surface area contributed by atoms with Crippen molar-refractivity contribution in [3.05, 3.63) is 55.7 Å². The average molecular weight is 336 g/mol. The number of H-pyrrole nitrogens is 1. The number of halogens is 1. The molecule has 3 rings (SSSR count). The van der Waals surface area contributed by atoms with E-state index in [1.165, 1.54) is 11.3 Å². The van der Waals surface area contributed by atoms with E-state index in [-0.39, 0.29) is 4.87 Å². The number of anilines is 1. The largest absolute Gasteiger partial charge is 0.364 e. The number of aromatic amines is 1. The molecule has 2 aromatic heterocycles. The second-order valence-corrected chi connectivity index (χ2v) is 5.72. The topological polar surface area (TPSA) is 57.8 Å². The van der Waals surface area contributed by atoms with E-state index in [0.717, 1.165) is 26.8 Å². The molecule has 96 valence electrons. The highest BCUT2D eigenvalue weighted by Gasteiger charge is 2.05. The lowest BCUT2D eigenvalue weighted by Crippen LogP contribution is -2.04. The maximum absolute atomic E-state index is 11.1. The molecule has 1 aromatic carbocycles. The number of fused-ring (bicyclic) bond motifs is 1. The van der Waals surface area contributed by atoms with Crippen LogP contribution in [0.2, 0.25) is 0 Å². The zero-order valence-corrected chi connectivity index (χ0v) is 12.2. The third-order valence-electron chi connectivity index (χ3n) is 2.77. The van der Waals surface area contributed by atoms with Gasteiger partial charge in [0.05, 0.1) is 6.54 Å². The van der Waals surface area contributed by atoms with Gasteiger partial charge < -0.3 is 10.3 Å². The molecule has 0 atom stereocenters. The number of rotatable bonds is 3. The van der Waals surface area contributed by atoms with Crippen LogP contribution in [0.15, 0.2) is 45.1 Å². The summed E-state index contributed by atoms with van der Waals surface area (Å²) < 4.78 is 1.04. The summed E-state index contributed by atoms with van der Waals surface area (Å²) >= 11 is 4.70. The first kappa shape index (κ1) is 12.4. The number of benzene rings is 1. The van der Waals surface area contributed by atoms with Crippen LogP contribution in [0, 0.1) is 0 Å². The molecule has 0 amide bonds. The minimum atomic E-state index is -0.0366. The van der Waals surface area contributed by atoms with Crippen LogP contribution in [0.25, 0.3) is 10.8 Å². The molecule has 0 bridgehead atoms. The number of nitrogens with one attached hydrogen (secondary N) is 2. The summed E-state index contributed by atoms with van der Waals surface area (Å²) in [6.45, 7) is 0.553. The Hall–Kier alpha value is -1.66. The molecule has 2 N–H and O–H groups in total. The van der Waals surface area contributed by atoms with Gasteiger partial charge in [-0.25, -0.2) is 4.98 Å². The van der Waals surface area contributed by atoms with Gasteiger partial charge >= 0.3 is 4.87 Å². The van der Waals surface area contributed by atoms with Crippen molar-refractivity contribution in [2.45, 2.75) is 6.54 Å². The monoisotopic (exact) mass is 335 g/mol. The maximum atomic E-state index is 11.1. The summed E-state index contributed by atoms with van der Waals surface area (Å²) in [5.74, 6) is 0.811. The van der Waals surface area contributed by atoms with Gasteiger partial charge in [-0.3, -0.25) is 4.79 Å². The van der Waals surface area contributed by atoms with Crippen molar-refractivity contribution < 1.29 is 0 Å². The Balaban J connectivity index is 1.93. The predicted molar refractivity (Wildman–Crippen MR) is 81.7 cm³/mol. The number of hydrogen-bond acceptors (Lipinski definition) is 4. The summed E-state index contributed by atoms with van der Waals surface area (Å²) in [4.78, 5) is 18.2. The normalized spacial score (nSPS) is 10.8. The molecule has 0 fully saturated rings. The summed E-state index contributed by atoms with van der Waals surface area (Å²) in [5, 5.41) is 7.23. The van der Waals surface area contributed by atoms with Crippen molar-refractivity contribution in [3.63, 3.8) is 0 Å². The lowest BCUT2D eigenvalue weighted by molar-refractivity contribution is 1.05. The fraction of sp³-hybridized carbons (Fsp3) is 0.0769. The van der Waals surface area contributed by atoms with Gasteiger partial charge in [0.1, 0.15) is 5.82 Å². The Morgan fingerprint density at radius 3 is 3.00 bits per heavy atom. The SMILES string of the molecule is O=c1[nH]c(CNc2nccc3c(Br)cccc23)cs1. The zero-order chi connectivity index (χ0) is 13.2. The molecule has 0 unspecified atom stereocenters. The summed E-state index contributed by atoms with van der Waals surface area (Å²) in [6.07, 6.45) is 1.77. The smallest absolute Gasteiger partial charge is 0.304 e. The van der Waals surface area contributed by atoms with Gasteiger partial charge in [0.25, 0.3) is 0 Å². The fourth-order valence-corrected chi connectivity index (χ4v) is 2.97. The Morgan fingerprint density at radius 1 is 1.32 bits per heavy atom. The van der Waals surface area contributed by atoms with E-state index in [1.807, 2.05) is 29.6 Å². The molecule has 0 aliphatic rings. The molecule has 3 aromatic rings. The van der Waals surface area contributed by atoms with Crippen molar-refractivity contribution in [1.29, 1.82) is 0 Å². The molecule has 0 aliphatic carbocycles. The first-order valence-electron chi connectivity index (χ1n) is 5.68. The third-order valence-corrected chi connectivity index (χ3v) is 4.18. The second-order valence-electron chi connectivity index (χ2n) is 4.02. The first-order chi connectivity index (χ1) is 9.24. The minimum Gasteiger partial charge on any atom is -0.364 e. The second kappa shape index (κ2) is 5.14. The number of nitrogens with zero attached hydrogens (tertiary/aromatic N) is 1. The standard InChI is InChI=1S/C13H10BrN3OS/c14-11-3-1-2-10-9(11)4-5-15-12(10)16-6-8-7-19-13(18)17-8/h1-5,7H,6H2,(H,15,16)(H,17,18). The minimum absolute atomic E-state index is 0.0366. The highest BCUT2D eigenvalue weighted by molar-refractivity contribution is 9.10. The van der Waals surface area contributed by atoms with Gasteiger partial charge in [0.15, 0.2) is 0 Å². The van der Waals surface area contributed by atoms with Gasteiger partial charge in [-0.15, -0.1) is 0 Å². The van der Waals surface area contributed by atoms with E-state index < -0.39 is 0 Å². The Morgan fingerprint density at radius 2 is 2.21 bits per heavy atom. The van der Waals surface area contributed by atoms with Crippen molar-refractivity contribution in [2.75, 3.05) is 5.32 Å². The van der Waals surface area contributed by atoms with Crippen LogP contribution < -0.4 is 10.2 Å². The van der Waals surface area contributed by atoms with Crippen LogP contribution in [0.4, 0.5) is 5.82 Å². The molecule has 0 spiro atoms. The quantitative estimate of drug-likeness (QED) is 0.771. The van der Waals surface area contributed by atoms with Crippen LogP contribution in [0.1, 0.15) is 5.69 Å². The highest BCUT2D eigenvalue weighted by Crippen LogP contribution is 2.27. The van der Waals surface area contributed by atoms with E-state index in [4.69, 9.17) is 0 Å². The maximum Gasteiger partial charge on any atom is 0.304 e. The molecular weight excluding hydrogens is 326 g/mol. The number of thiazole rings is 1. The molecule has 0 radical (unpaired) electrons. The van der Waals surface area contributed by atoms with Gasteiger partial charge in [-0.1, -0.05) is 39.4 Å². The van der Waals surface area contributed by atoms with Crippen molar-refractivity contribution in [1.82, 2.24) is 9.97 Å². The Kier molecular flexibility index (Phi) is 3.35. The van der Waals surface area contributed by atoms with Crippen LogP contribution >= 0.6 is 27.3 Å². The molecule has 6 heteroatoms. The van der Waals surface area contributed by atoms with Crippen molar-refractivity contribution >= 4 is 43.9 Å². The molecule has 0 saturated carbocycles. The van der Waals surface area contributed by atoms with Crippen molar-refractivity contribution in [3.8, 4) is 0 Å². The first-order valence-corrected chi connectivity index (χ1v) is 7.35. The van der Waals surface area contributed by atoms with Crippen LogP contribution in [0.5, 0.6) is 0 Å². The van der Waals surface area contributed by atoms with Gasteiger partial charge in [-0.05, 0) is 12.1 Å².